The number of rotatable bonds is 8. The maximum absolute atomic E-state index is 12.3. The lowest BCUT2D eigenvalue weighted by molar-refractivity contribution is -0.126. The molecule has 1 saturated heterocycles. The van der Waals surface area contributed by atoms with Crippen LogP contribution in [0.1, 0.15) is 53.9 Å². The summed E-state index contributed by atoms with van der Waals surface area (Å²) in [7, 11) is 0. The van der Waals surface area contributed by atoms with E-state index in [4.69, 9.17) is 0 Å². The number of hydrogen-bond acceptors (Lipinski definition) is 3. The Bertz CT molecular complexity index is 298. The first kappa shape index (κ1) is 18.4. The van der Waals surface area contributed by atoms with Gasteiger partial charge in [0.15, 0.2) is 0 Å². The van der Waals surface area contributed by atoms with Gasteiger partial charge in [-0.1, -0.05) is 13.8 Å². The second-order valence-electron chi connectivity index (χ2n) is 7.13. The van der Waals surface area contributed by atoms with Crippen LogP contribution in [0.25, 0.3) is 0 Å². The number of nitrogens with zero attached hydrogens (tertiary/aromatic N) is 1. The number of piperidine rings is 1. The second kappa shape index (κ2) is 9.42. The molecule has 0 aromatic rings. The molecule has 4 heteroatoms. The maximum atomic E-state index is 12.3. The molecule has 1 aliphatic heterocycles. The second-order valence-corrected chi connectivity index (χ2v) is 7.13. The zero-order valence-electron chi connectivity index (χ0n) is 14.6. The molecular formula is C17H35N3O. The van der Waals surface area contributed by atoms with Gasteiger partial charge in [0.2, 0.25) is 5.91 Å². The zero-order chi connectivity index (χ0) is 15.8. The van der Waals surface area contributed by atoms with E-state index in [9.17, 15) is 4.79 Å². The summed E-state index contributed by atoms with van der Waals surface area (Å²) in [5, 5.41) is 6.50. The highest BCUT2D eigenvalue weighted by molar-refractivity contribution is 5.81. The van der Waals surface area contributed by atoms with Gasteiger partial charge in [-0.05, 0) is 65.0 Å². The Balaban J connectivity index is 2.47. The summed E-state index contributed by atoms with van der Waals surface area (Å²) in [6.45, 7) is 14.9. The van der Waals surface area contributed by atoms with Crippen molar-refractivity contribution in [1.29, 1.82) is 0 Å². The third kappa shape index (κ3) is 6.79. The SMILES string of the molecule is CC(C)CCNC(=O)C(C)N(CC1CCNCC1)C(C)C. The first-order chi connectivity index (χ1) is 9.91. The van der Waals surface area contributed by atoms with Crippen molar-refractivity contribution in [2.45, 2.75) is 66.0 Å². The van der Waals surface area contributed by atoms with Gasteiger partial charge in [-0.2, -0.15) is 0 Å². The van der Waals surface area contributed by atoms with Crippen LogP contribution in [-0.4, -0.2) is 49.1 Å². The van der Waals surface area contributed by atoms with E-state index in [-0.39, 0.29) is 11.9 Å². The molecule has 0 aromatic heterocycles. The topological polar surface area (TPSA) is 44.4 Å². The number of carbonyl (C=O) groups is 1. The van der Waals surface area contributed by atoms with Crippen molar-refractivity contribution in [2.75, 3.05) is 26.2 Å². The van der Waals surface area contributed by atoms with E-state index in [1.807, 2.05) is 6.92 Å². The van der Waals surface area contributed by atoms with E-state index in [1.165, 1.54) is 12.8 Å². The van der Waals surface area contributed by atoms with E-state index in [0.29, 0.717) is 12.0 Å². The van der Waals surface area contributed by atoms with Gasteiger partial charge in [0.05, 0.1) is 6.04 Å². The summed E-state index contributed by atoms with van der Waals surface area (Å²) >= 11 is 0. The van der Waals surface area contributed by atoms with Crippen LogP contribution in [0, 0.1) is 11.8 Å². The molecule has 0 saturated carbocycles. The van der Waals surface area contributed by atoms with Crippen molar-refractivity contribution in [3.63, 3.8) is 0 Å². The lowest BCUT2D eigenvalue weighted by Crippen LogP contribution is -2.50. The van der Waals surface area contributed by atoms with Crippen molar-refractivity contribution in [3.8, 4) is 0 Å². The number of nitrogens with one attached hydrogen (secondary N) is 2. The molecule has 2 N–H and O–H groups in total. The molecule has 1 aliphatic rings. The normalized spacial score (nSPS) is 18.5. The van der Waals surface area contributed by atoms with Crippen LogP contribution < -0.4 is 10.6 Å². The summed E-state index contributed by atoms with van der Waals surface area (Å²) < 4.78 is 0. The molecule has 0 aliphatic carbocycles. The van der Waals surface area contributed by atoms with Crippen LogP contribution in [0.4, 0.5) is 0 Å². The minimum absolute atomic E-state index is 0.0351. The van der Waals surface area contributed by atoms with Gasteiger partial charge >= 0.3 is 0 Å². The summed E-state index contributed by atoms with van der Waals surface area (Å²) in [6.07, 6.45) is 3.50. The van der Waals surface area contributed by atoms with E-state index in [0.717, 1.165) is 38.5 Å². The fraction of sp³-hybridized carbons (Fsp3) is 0.941. The molecule has 1 amide bonds. The van der Waals surface area contributed by atoms with Gasteiger partial charge in [0.25, 0.3) is 0 Å². The Labute approximate surface area is 131 Å². The van der Waals surface area contributed by atoms with E-state index < -0.39 is 0 Å². The average molecular weight is 297 g/mol. The van der Waals surface area contributed by atoms with E-state index in [1.54, 1.807) is 0 Å². The van der Waals surface area contributed by atoms with Crippen molar-refractivity contribution < 1.29 is 4.79 Å². The molecule has 124 valence electrons. The average Bonchev–Trinajstić information content (AvgIpc) is 2.44. The van der Waals surface area contributed by atoms with Crippen LogP contribution in [-0.2, 0) is 4.79 Å². The lowest BCUT2D eigenvalue weighted by Gasteiger charge is -2.36. The fourth-order valence-corrected chi connectivity index (χ4v) is 2.96. The highest BCUT2D eigenvalue weighted by atomic mass is 16.2. The molecule has 0 spiro atoms. The standard InChI is InChI=1S/C17H35N3O/c1-13(2)6-11-19-17(21)15(5)20(14(3)4)12-16-7-9-18-10-8-16/h13-16,18H,6-12H2,1-5H3,(H,19,21). The van der Waals surface area contributed by atoms with Crippen LogP contribution >= 0.6 is 0 Å². The molecule has 21 heavy (non-hydrogen) atoms. The number of carbonyl (C=O) groups excluding carboxylic acids is 1. The quantitative estimate of drug-likeness (QED) is 0.722. The molecule has 1 atom stereocenters. The van der Waals surface area contributed by atoms with Gasteiger partial charge in [-0.15, -0.1) is 0 Å². The molecule has 0 radical (unpaired) electrons. The monoisotopic (exact) mass is 297 g/mol. The van der Waals surface area contributed by atoms with Crippen molar-refractivity contribution in [3.05, 3.63) is 0 Å². The predicted molar refractivity (Wildman–Crippen MR) is 89.4 cm³/mol. The first-order valence-electron chi connectivity index (χ1n) is 8.66. The minimum Gasteiger partial charge on any atom is -0.355 e. The van der Waals surface area contributed by atoms with Gasteiger partial charge in [-0.25, -0.2) is 0 Å². The summed E-state index contributed by atoms with van der Waals surface area (Å²) in [4.78, 5) is 14.7. The Morgan fingerprint density at radius 2 is 1.81 bits per heavy atom. The fourth-order valence-electron chi connectivity index (χ4n) is 2.96. The van der Waals surface area contributed by atoms with Crippen LogP contribution in [0.15, 0.2) is 0 Å². The third-order valence-electron chi connectivity index (χ3n) is 4.49. The lowest BCUT2D eigenvalue weighted by atomic mass is 9.96. The number of amides is 1. The Kier molecular flexibility index (Phi) is 8.27. The summed E-state index contributed by atoms with van der Waals surface area (Å²) in [5.41, 5.74) is 0. The largest absolute Gasteiger partial charge is 0.355 e. The summed E-state index contributed by atoms with van der Waals surface area (Å²) in [6, 6.07) is 0.373. The predicted octanol–water partition coefficient (Wildman–Crippen LogP) is 2.25. The Morgan fingerprint density at radius 3 is 2.33 bits per heavy atom. The Hall–Kier alpha value is -0.610. The van der Waals surface area contributed by atoms with Crippen LogP contribution in [0.2, 0.25) is 0 Å². The molecular weight excluding hydrogens is 262 g/mol. The molecule has 1 unspecified atom stereocenters. The van der Waals surface area contributed by atoms with Crippen LogP contribution in [0.5, 0.6) is 0 Å². The molecule has 0 aromatic carbocycles. The smallest absolute Gasteiger partial charge is 0.237 e. The van der Waals surface area contributed by atoms with Gasteiger partial charge in [0, 0.05) is 19.1 Å². The van der Waals surface area contributed by atoms with Gasteiger partial charge in [-0.3, -0.25) is 9.69 Å². The van der Waals surface area contributed by atoms with E-state index in [2.05, 4.69) is 43.2 Å². The first-order valence-corrected chi connectivity index (χ1v) is 8.66. The molecule has 0 bridgehead atoms. The van der Waals surface area contributed by atoms with E-state index >= 15 is 0 Å². The maximum Gasteiger partial charge on any atom is 0.237 e. The van der Waals surface area contributed by atoms with Gasteiger partial charge in [0.1, 0.15) is 0 Å². The molecule has 1 fully saturated rings. The highest BCUT2D eigenvalue weighted by Gasteiger charge is 2.26. The summed E-state index contributed by atoms with van der Waals surface area (Å²) in [5.74, 6) is 1.54. The van der Waals surface area contributed by atoms with Crippen molar-refractivity contribution in [1.82, 2.24) is 15.5 Å². The minimum atomic E-state index is -0.0351. The van der Waals surface area contributed by atoms with Crippen molar-refractivity contribution >= 4 is 5.91 Å². The highest BCUT2D eigenvalue weighted by Crippen LogP contribution is 2.17. The third-order valence-corrected chi connectivity index (χ3v) is 4.49. The van der Waals surface area contributed by atoms with Gasteiger partial charge < -0.3 is 10.6 Å². The van der Waals surface area contributed by atoms with Crippen LogP contribution in [0.3, 0.4) is 0 Å². The zero-order valence-corrected chi connectivity index (χ0v) is 14.6. The number of hydrogen-bond donors (Lipinski definition) is 2. The molecule has 1 rings (SSSR count). The van der Waals surface area contributed by atoms with Crippen molar-refractivity contribution in [2.24, 2.45) is 11.8 Å². The Morgan fingerprint density at radius 1 is 1.19 bits per heavy atom. The molecule has 1 heterocycles. The molecule has 4 nitrogen and oxygen atoms in total.